The van der Waals surface area contributed by atoms with Gasteiger partial charge < -0.3 is 16.0 Å². The molecule has 2 amide bonds. The Morgan fingerprint density at radius 3 is 2.77 bits per heavy atom. The molecule has 22 heavy (non-hydrogen) atoms. The molecule has 1 saturated carbocycles. The fourth-order valence-electron chi connectivity index (χ4n) is 2.72. The highest BCUT2D eigenvalue weighted by Crippen LogP contribution is 2.28. The molecule has 2 aromatic rings. The van der Waals surface area contributed by atoms with Crippen molar-refractivity contribution in [2.75, 3.05) is 5.32 Å². The lowest BCUT2D eigenvalue weighted by Gasteiger charge is -2.19. The van der Waals surface area contributed by atoms with Gasteiger partial charge in [-0.2, -0.15) is 0 Å². The van der Waals surface area contributed by atoms with Gasteiger partial charge in [0.2, 0.25) is 5.91 Å². The van der Waals surface area contributed by atoms with E-state index in [1.165, 1.54) is 17.8 Å². The first kappa shape index (κ1) is 14.8. The molecule has 1 aliphatic carbocycles. The van der Waals surface area contributed by atoms with Crippen LogP contribution >= 0.6 is 11.3 Å². The van der Waals surface area contributed by atoms with Crippen LogP contribution in [0.2, 0.25) is 0 Å². The average Bonchev–Trinajstić information content (AvgIpc) is 3.16. The van der Waals surface area contributed by atoms with Gasteiger partial charge in [0.25, 0.3) is 5.91 Å². The lowest BCUT2D eigenvalue weighted by atomic mass is 9.89. The number of aromatic nitrogens is 2. The third kappa shape index (κ3) is 3.19. The van der Waals surface area contributed by atoms with Crippen LogP contribution in [0.25, 0.3) is 11.3 Å². The number of anilines is 1. The number of nitrogens with zero attached hydrogens (tertiary/aromatic N) is 1. The van der Waals surface area contributed by atoms with Crippen molar-refractivity contribution in [3.63, 3.8) is 0 Å². The van der Waals surface area contributed by atoms with Gasteiger partial charge in [-0.25, -0.2) is 4.98 Å². The van der Waals surface area contributed by atoms with E-state index in [9.17, 15) is 9.59 Å². The summed E-state index contributed by atoms with van der Waals surface area (Å²) in [6, 6.07) is 1.66. The number of amides is 2. The van der Waals surface area contributed by atoms with Crippen LogP contribution in [0, 0.1) is 5.92 Å². The number of H-pyrrole nitrogens is 1. The molecule has 2 heterocycles. The van der Waals surface area contributed by atoms with E-state index in [-0.39, 0.29) is 11.8 Å². The zero-order valence-corrected chi connectivity index (χ0v) is 12.9. The summed E-state index contributed by atoms with van der Waals surface area (Å²) in [5.41, 5.74) is 7.05. The Bertz CT molecular complexity index is 685. The Kier molecular flexibility index (Phi) is 4.24. The molecular weight excluding hydrogens is 300 g/mol. The number of carbonyl (C=O) groups is 2. The number of hydrogen-bond donors (Lipinski definition) is 3. The summed E-state index contributed by atoms with van der Waals surface area (Å²) in [6.45, 7) is 0. The highest BCUT2D eigenvalue weighted by molar-refractivity contribution is 7.14. The van der Waals surface area contributed by atoms with E-state index in [0.717, 1.165) is 31.2 Å². The normalized spacial score (nSPS) is 15.6. The van der Waals surface area contributed by atoms with E-state index < -0.39 is 5.91 Å². The van der Waals surface area contributed by atoms with E-state index in [1.54, 1.807) is 12.3 Å². The summed E-state index contributed by atoms with van der Waals surface area (Å²) < 4.78 is 0. The van der Waals surface area contributed by atoms with Crippen molar-refractivity contribution in [2.24, 2.45) is 11.7 Å². The second kappa shape index (κ2) is 6.31. The molecular formula is C15H18N4O2S. The first-order chi connectivity index (χ1) is 10.6. The Labute approximate surface area is 132 Å². The van der Waals surface area contributed by atoms with Crippen LogP contribution in [-0.4, -0.2) is 21.8 Å². The SMILES string of the molecule is NC(=O)c1cc(-c2csc(NC(=O)C3CCCCC3)n2)c[nH]1. The Hall–Kier alpha value is -2.15. The number of nitrogens with one attached hydrogen (secondary N) is 2. The van der Waals surface area contributed by atoms with Gasteiger partial charge in [-0.05, 0) is 18.9 Å². The molecule has 0 saturated heterocycles. The predicted molar refractivity (Wildman–Crippen MR) is 85.6 cm³/mol. The second-order valence-electron chi connectivity index (χ2n) is 5.53. The number of hydrogen-bond acceptors (Lipinski definition) is 4. The molecule has 0 aliphatic heterocycles. The van der Waals surface area contributed by atoms with Crippen LogP contribution in [0.3, 0.4) is 0 Å². The summed E-state index contributed by atoms with van der Waals surface area (Å²) >= 11 is 1.38. The molecule has 6 nitrogen and oxygen atoms in total. The van der Waals surface area contributed by atoms with Gasteiger partial charge in [0.05, 0.1) is 5.69 Å². The molecule has 0 spiro atoms. The Morgan fingerprint density at radius 1 is 1.32 bits per heavy atom. The second-order valence-corrected chi connectivity index (χ2v) is 6.39. The number of nitrogens with two attached hydrogens (primary N) is 1. The van der Waals surface area contributed by atoms with Crippen LogP contribution < -0.4 is 11.1 Å². The van der Waals surface area contributed by atoms with Crippen molar-refractivity contribution in [2.45, 2.75) is 32.1 Å². The molecule has 0 bridgehead atoms. The standard InChI is InChI=1S/C15H18N4O2S/c16-13(20)11-6-10(7-17-11)12-8-22-15(18-12)19-14(21)9-4-2-1-3-5-9/h6-9,17H,1-5H2,(H2,16,20)(H,18,19,21). The summed E-state index contributed by atoms with van der Waals surface area (Å²) in [7, 11) is 0. The van der Waals surface area contributed by atoms with Crippen molar-refractivity contribution in [3.05, 3.63) is 23.3 Å². The molecule has 0 radical (unpaired) electrons. The number of carbonyl (C=O) groups excluding carboxylic acids is 2. The Morgan fingerprint density at radius 2 is 2.09 bits per heavy atom. The quantitative estimate of drug-likeness (QED) is 0.808. The van der Waals surface area contributed by atoms with Gasteiger partial charge >= 0.3 is 0 Å². The molecule has 0 atom stereocenters. The highest BCUT2D eigenvalue weighted by atomic mass is 32.1. The van der Waals surface area contributed by atoms with Crippen LogP contribution in [0.5, 0.6) is 0 Å². The molecule has 0 unspecified atom stereocenters. The van der Waals surface area contributed by atoms with E-state index in [1.807, 2.05) is 5.38 Å². The Balaban J connectivity index is 1.67. The average molecular weight is 318 g/mol. The molecule has 1 fully saturated rings. The summed E-state index contributed by atoms with van der Waals surface area (Å²) in [5, 5.41) is 5.34. The van der Waals surface area contributed by atoms with Gasteiger partial charge in [0.1, 0.15) is 5.69 Å². The minimum absolute atomic E-state index is 0.0625. The van der Waals surface area contributed by atoms with Gasteiger partial charge in [0.15, 0.2) is 5.13 Å². The zero-order valence-electron chi connectivity index (χ0n) is 12.1. The van der Waals surface area contributed by atoms with Crippen molar-refractivity contribution < 1.29 is 9.59 Å². The molecule has 1 aliphatic rings. The molecule has 116 valence electrons. The summed E-state index contributed by atoms with van der Waals surface area (Å²) in [5.74, 6) is -0.338. The summed E-state index contributed by atoms with van der Waals surface area (Å²) in [4.78, 5) is 30.5. The minimum atomic E-state index is -0.507. The number of aromatic amines is 1. The van der Waals surface area contributed by atoms with Crippen LogP contribution in [0.15, 0.2) is 17.6 Å². The van der Waals surface area contributed by atoms with Crippen molar-refractivity contribution in [1.82, 2.24) is 9.97 Å². The van der Waals surface area contributed by atoms with E-state index in [0.29, 0.717) is 16.5 Å². The number of rotatable bonds is 4. The molecule has 2 aromatic heterocycles. The van der Waals surface area contributed by atoms with Crippen molar-refractivity contribution >= 4 is 28.3 Å². The lowest BCUT2D eigenvalue weighted by Crippen LogP contribution is -2.24. The minimum Gasteiger partial charge on any atom is -0.364 e. The topological polar surface area (TPSA) is 101 Å². The van der Waals surface area contributed by atoms with Gasteiger partial charge in [-0.3, -0.25) is 9.59 Å². The maximum Gasteiger partial charge on any atom is 0.265 e. The highest BCUT2D eigenvalue weighted by Gasteiger charge is 2.22. The third-order valence-corrected chi connectivity index (χ3v) is 4.71. The van der Waals surface area contributed by atoms with Gasteiger partial charge in [-0.15, -0.1) is 11.3 Å². The molecule has 4 N–H and O–H groups in total. The van der Waals surface area contributed by atoms with E-state index >= 15 is 0 Å². The first-order valence-corrected chi connectivity index (χ1v) is 8.26. The van der Waals surface area contributed by atoms with Crippen LogP contribution in [0.1, 0.15) is 42.6 Å². The lowest BCUT2D eigenvalue weighted by molar-refractivity contribution is -0.120. The predicted octanol–water partition coefficient (Wildman–Crippen LogP) is 2.76. The summed E-state index contributed by atoms with van der Waals surface area (Å²) in [6.07, 6.45) is 7.08. The monoisotopic (exact) mass is 318 g/mol. The maximum atomic E-state index is 12.2. The van der Waals surface area contributed by atoms with Crippen molar-refractivity contribution in [1.29, 1.82) is 0 Å². The first-order valence-electron chi connectivity index (χ1n) is 7.38. The smallest absolute Gasteiger partial charge is 0.265 e. The fraction of sp³-hybridized carbons (Fsp3) is 0.400. The maximum absolute atomic E-state index is 12.2. The van der Waals surface area contributed by atoms with Crippen LogP contribution in [-0.2, 0) is 4.79 Å². The largest absolute Gasteiger partial charge is 0.364 e. The molecule has 0 aromatic carbocycles. The number of primary amides is 1. The van der Waals surface area contributed by atoms with Gasteiger partial charge in [0, 0.05) is 23.1 Å². The van der Waals surface area contributed by atoms with Crippen LogP contribution in [0.4, 0.5) is 5.13 Å². The third-order valence-electron chi connectivity index (χ3n) is 3.95. The van der Waals surface area contributed by atoms with E-state index in [4.69, 9.17) is 5.73 Å². The van der Waals surface area contributed by atoms with E-state index in [2.05, 4.69) is 15.3 Å². The molecule has 3 rings (SSSR count). The van der Waals surface area contributed by atoms with Crippen molar-refractivity contribution in [3.8, 4) is 11.3 Å². The van der Waals surface area contributed by atoms with Gasteiger partial charge in [-0.1, -0.05) is 19.3 Å². The fourth-order valence-corrected chi connectivity index (χ4v) is 3.44. The number of thiazole rings is 1. The molecule has 7 heteroatoms. The zero-order chi connectivity index (χ0) is 15.5.